The summed E-state index contributed by atoms with van der Waals surface area (Å²) in [5.74, 6) is -0.547. The molecule has 1 heterocycles. The van der Waals surface area contributed by atoms with Crippen LogP contribution in [0.2, 0.25) is 0 Å². The van der Waals surface area contributed by atoms with Crippen LogP contribution in [-0.4, -0.2) is 27.8 Å². The first-order valence-corrected chi connectivity index (χ1v) is 6.26. The smallest absolute Gasteiger partial charge is 0.308 e. The van der Waals surface area contributed by atoms with Crippen LogP contribution in [0, 0.1) is 11.8 Å². The van der Waals surface area contributed by atoms with Crippen LogP contribution >= 0.6 is 0 Å². The number of carboxylic acid groups (broad SMARTS) is 1. The quantitative estimate of drug-likeness (QED) is 0.862. The second-order valence-corrected chi connectivity index (χ2v) is 4.85. The molecule has 100 valence electrons. The van der Waals surface area contributed by atoms with E-state index in [2.05, 4.69) is 15.5 Å². The highest BCUT2D eigenvalue weighted by atomic mass is 16.4. The van der Waals surface area contributed by atoms with E-state index in [1.54, 1.807) is 6.20 Å². The van der Waals surface area contributed by atoms with Gasteiger partial charge in [0.15, 0.2) is 5.82 Å². The van der Waals surface area contributed by atoms with Crippen LogP contribution in [0.5, 0.6) is 0 Å². The summed E-state index contributed by atoms with van der Waals surface area (Å²) < 4.78 is 0. The number of hydrogen-bond donors (Lipinski definition) is 2. The number of carboxylic acids is 1. The zero-order chi connectivity index (χ0) is 13.8. The third-order valence-electron chi connectivity index (χ3n) is 3.18. The van der Waals surface area contributed by atoms with E-state index in [0.29, 0.717) is 12.4 Å². The van der Waals surface area contributed by atoms with Gasteiger partial charge in [-0.2, -0.15) is 5.10 Å². The molecule has 2 N–H and O–H groups in total. The molecule has 0 bridgehead atoms. The fraction of sp³-hybridized carbons (Fsp3) is 0.357. The molecule has 2 aromatic rings. The fourth-order valence-electron chi connectivity index (χ4n) is 1.97. The van der Waals surface area contributed by atoms with Gasteiger partial charge in [-0.3, -0.25) is 4.79 Å². The lowest BCUT2D eigenvalue weighted by Crippen LogP contribution is -2.27. The van der Waals surface area contributed by atoms with Crippen LogP contribution in [0.1, 0.15) is 13.8 Å². The number of fused-ring (bicyclic) bond motifs is 1. The Morgan fingerprint density at radius 3 is 2.79 bits per heavy atom. The van der Waals surface area contributed by atoms with Crippen LogP contribution < -0.4 is 5.32 Å². The number of anilines is 1. The van der Waals surface area contributed by atoms with E-state index in [9.17, 15) is 4.79 Å². The van der Waals surface area contributed by atoms with E-state index in [4.69, 9.17) is 5.11 Å². The number of aromatic nitrogens is 2. The zero-order valence-corrected chi connectivity index (χ0v) is 11.0. The maximum atomic E-state index is 11.1. The third-order valence-corrected chi connectivity index (χ3v) is 3.18. The van der Waals surface area contributed by atoms with Gasteiger partial charge in [0.05, 0.1) is 12.1 Å². The Hall–Kier alpha value is -2.17. The Labute approximate surface area is 111 Å². The van der Waals surface area contributed by atoms with Gasteiger partial charge in [0.1, 0.15) is 0 Å². The molecule has 1 unspecified atom stereocenters. The van der Waals surface area contributed by atoms with Crippen molar-refractivity contribution >= 4 is 22.6 Å². The Kier molecular flexibility index (Phi) is 3.94. The van der Waals surface area contributed by atoms with Crippen molar-refractivity contribution in [2.24, 2.45) is 11.8 Å². The molecule has 0 aliphatic carbocycles. The molecule has 0 fully saturated rings. The normalized spacial score (nSPS) is 12.6. The number of aliphatic carboxylic acids is 1. The maximum Gasteiger partial charge on any atom is 0.308 e. The predicted octanol–water partition coefficient (Wildman–Crippen LogP) is 2.40. The number of benzene rings is 1. The first-order valence-electron chi connectivity index (χ1n) is 6.26. The molecular formula is C14H17N3O2. The average molecular weight is 259 g/mol. The largest absolute Gasteiger partial charge is 0.481 e. The lowest BCUT2D eigenvalue weighted by molar-refractivity contribution is -0.142. The monoisotopic (exact) mass is 259 g/mol. The van der Waals surface area contributed by atoms with Gasteiger partial charge in [-0.25, -0.2) is 0 Å². The van der Waals surface area contributed by atoms with Gasteiger partial charge in [-0.15, -0.1) is 5.10 Å². The summed E-state index contributed by atoms with van der Waals surface area (Å²) in [6.07, 6.45) is 1.69. The van der Waals surface area contributed by atoms with Crippen molar-refractivity contribution < 1.29 is 9.90 Å². The molecule has 1 atom stereocenters. The first kappa shape index (κ1) is 13.3. The van der Waals surface area contributed by atoms with Crippen molar-refractivity contribution in [3.8, 4) is 0 Å². The third kappa shape index (κ3) is 2.99. The Balaban J connectivity index is 2.20. The first-order chi connectivity index (χ1) is 9.09. The topological polar surface area (TPSA) is 75.1 Å². The summed E-state index contributed by atoms with van der Waals surface area (Å²) in [5.41, 5.74) is 0. The Morgan fingerprint density at radius 1 is 1.37 bits per heavy atom. The van der Waals surface area contributed by atoms with E-state index in [-0.39, 0.29) is 5.92 Å². The van der Waals surface area contributed by atoms with Gasteiger partial charge in [-0.05, 0) is 5.92 Å². The molecule has 0 spiro atoms. The lowest BCUT2D eigenvalue weighted by Gasteiger charge is -2.17. The minimum Gasteiger partial charge on any atom is -0.481 e. The number of carbonyl (C=O) groups is 1. The minimum atomic E-state index is -0.796. The molecular weight excluding hydrogens is 242 g/mol. The van der Waals surface area contributed by atoms with E-state index < -0.39 is 11.9 Å². The minimum absolute atomic E-state index is 0.0629. The SMILES string of the molecule is CC(C)C(CNc1nncc2ccccc12)C(=O)O. The van der Waals surface area contributed by atoms with Gasteiger partial charge in [0.25, 0.3) is 0 Å². The molecule has 5 heteroatoms. The highest BCUT2D eigenvalue weighted by molar-refractivity contribution is 5.90. The van der Waals surface area contributed by atoms with Crippen molar-refractivity contribution in [3.63, 3.8) is 0 Å². The molecule has 0 saturated carbocycles. The molecule has 2 rings (SSSR count). The number of hydrogen-bond acceptors (Lipinski definition) is 4. The average Bonchev–Trinajstić information content (AvgIpc) is 2.38. The van der Waals surface area contributed by atoms with E-state index >= 15 is 0 Å². The molecule has 0 aliphatic heterocycles. The van der Waals surface area contributed by atoms with Gasteiger partial charge in [0.2, 0.25) is 0 Å². The van der Waals surface area contributed by atoms with Crippen molar-refractivity contribution in [3.05, 3.63) is 30.5 Å². The van der Waals surface area contributed by atoms with Crippen molar-refractivity contribution in [1.29, 1.82) is 0 Å². The van der Waals surface area contributed by atoms with Crippen molar-refractivity contribution in [2.45, 2.75) is 13.8 Å². The maximum absolute atomic E-state index is 11.1. The Morgan fingerprint density at radius 2 is 2.11 bits per heavy atom. The summed E-state index contributed by atoms with van der Waals surface area (Å²) in [7, 11) is 0. The fourth-order valence-corrected chi connectivity index (χ4v) is 1.97. The van der Waals surface area contributed by atoms with Gasteiger partial charge < -0.3 is 10.4 Å². The van der Waals surface area contributed by atoms with E-state index in [1.165, 1.54) is 0 Å². The highest BCUT2D eigenvalue weighted by Gasteiger charge is 2.21. The van der Waals surface area contributed by atoms with Crippen molar-refractivity contribution in [1.82, 2.24) is 10.2 Å². The van der Waals surface area contributed by atoms with Gasteiger partial charge in [0, 0.05) is 17.3 Å². The second kappa shape index (κ2) is 5.65. The van der Waals surface area contributed by atoms with Crippen LogP contribution in [0.4, 0.5) is 5.82 Å². The van der Waals surface area contributed by atoms with Crippen LogP contribution in [0.3, 0.4) is 0 Å². The molecule has 0 amide bonds. The molecule has 1 aromatic heterocycles. The lowest BCUT2D eigenvalue weighted by atomic mass is 9.96. The predicted molar refractivity (Wildman–Crippen MR) is 74.0 cm³/mol. The molecule has 0 aliphatic rings. The van der Waals surface area contributed by atoms with Crippen molar-refractivity contribution in [2.75, 3.05) is 11.9 Å². The number of nitrogens with zero attached hydrogens (tertiary/aromatic N) is 2. The number of nitrogens with one attached hydrogen (secondary N) is 1. The second-order valence-electron chi connectivity index (χ2n) is 4.85. The molecule has 0 radical (unpaired) electrons. The van der Waals surface area contributed by atoms with E-state index in [0.717, 1.165) is 10.8 Å². The molecule has 1 aromatic carbocycles. The standard InChI is InChI=1S/C14H17N3O2/c1-9(2)12(14(18)19)8-15-13-11-6-4-3-5-10(11)7-16-17-13/h3-7,9,12H,8H2,1-2H3,(H,15,17)(H,18,19). The zero-order valence-electron chi connectivity index (χ0n) is 11.0. The summed E-state index contributed by atoms with van der Waals surface area (Å²) in [4.78, 5) is 11.1. The van der Waals surface area contributed by atoms with Crippen LogP contribution in [-0.2, 0) is 4.79 Å². The summed E-state index contributed by atoms with van der Waals surface area (Å²) in [5, 5.41) is 22.2. The highest BCUT2D eigenvalue weighted by Crippen LogP contribution is 2.20. The van der Waals surface area contributed by atoms with Crippen LogP contribution in [0.15, 0.2) is 30.5 Å². The summed E-state index contributed by atoms with van der Waals surface area (Å²) in [6, 6.07) is 7.75. The molecule has 19 heavy (non-hydrogen) atoms. The van der Waals surface area contributed by atoms with Crippen LogP contribution in [0.25, 0.3) is 10.8 Å². The number of rotatable bonds is 5. The van der Waals surface area contributed by atoms with E-state index in [1.807, 2.05) is 38.1 Å². The summed E-state index contributed by atoms with van der Waals surface area (Å²) in [6.45, 7) is 4.14. The van der Waals surface area contributed by atoms with Gasteiger partial charge in [-0.1, -0.05) is 38.1 Å². The molecule has 0 saturated heterocycles. The summed E-state index contributed by atoms with van der Waals surface area (Å²) >= 11 is 0. The van der Waals surface area contributed by atoms with Gasteiger partial charge >= 0.3 is 5.97 Å². The molecule has 5 nitrogen and oxygen atoms in total. The Bertz CT molecular complexity index is 578.